The van der Waals surface area contributed by atoms with Crippen molar-refractivity contribution in [2.45, 2.75) is 18.4 Å². The lowest BCUT2D eigenvalue weighted by molar-refractivity contribution is -0.139. The number of rotatable bonds is 5. The summed E-state index contributed by atoms with van der Waals surface area (Å²) in [4.78, 5) is 45.8. The second-order valence-electron chi connectivity index (χ2n) is 10.6. The zero-order valence-corrected chi connectivity index (χ0v) is 21.1. The molecule has 1 N–H and O–H groups in total. The number of aryl methyl sites for hydroxylation is 1. The van der Waals surface area contributed by atoms with Gasteiger partial charge in [-0.2, -0.15) is 0 Å². The van der Waals surface area contributed by atoms with E-state index >= 15 is 0 Å². The minimum absolute atomic E-state index is 0.126. The van der Waals surface area contributed by atoms with Crippen LogP contribution < -0.4 is 10.1 Å². The molecule has 2 fully saturated rings. The molecule has 3 amide bonds. The van der Waals surface area contributed by atoms with Gasteiger partial charge in [-0.05, 0) is 53.3 Å². The number of ether oxygens (including phenoxy) is 1. The SMILES string of the molecule is COc1ccc2c(c1)C(=O)N(C[C@@]1(c3ccc(-c4cnc5c(ccn5C)c4)cc3)C(=O)NC(=O)[C@H]3CC31)C2. The average molecular weight is 507 g/mol. The first-order valence-electron chi connectivity index (χ1n) is 12.7. The Morgan fingerprint density at radius 1 is 1.05 bits per heavy atom. The van der Waals surface area contributed by atoms with Crippen LogP contribution in [0.5, 0.6) is 5.75 Å². The summed E-state index contributed by atoms with van der Waals surface area (Å²) in [6.45, 7) is 0.624. The molecule has 4 aromatic rings. The highest BCUT2D eigenvalue weighted by atomic mass is 16.5. The number of fused-ring (bicyclic) bond motifs is 3. The van der Waals surface area contributed by atoms with E-state index in [1.54, 1.807) is 18.1 Å². The van der Waals surface area contributed by atoms with Gasteiger partial charge in [0.15, 0.2) is 0 Å². The van der Waals surface area contributed by atoms with Crippen molar-refractivity contribution in [2.24, 2.45) is 18.9 Å². The third-order valence-electron chi connectivity index (χ3n) is 8.48. The number of methoxy groups -OCH3 is 1. The van der Waals surface area contributed by atoms with Crippen molar-refractivity contribution >= 4 is 28.8 Å². The molecule has 4 heterocycles. The number of pyridine rings is 1. The van der Waals surface area contributed by atoms with Gasteiger partial charge in [0.25, 0.3) is 5.91 Å². The van der Waals surface area contributed by atoms with Crippen LogP contribution in [0.4, 0.5) is 0 Å². The smallest absolute Gasteiger partial charge is 0.254 e. The number of hydrogen-bond acceptors (Lipinski definition) is 5. The largest absolute Gasteiger partial charge is 0.497 e. The first-order valence-corrected chi connectivity index (χ1v) is 12.7. The Bertz CT molecular complexity index is 1660. The van der Waals surface area contributed by atoms with Crippen LogP contribution in [0.25, 0.3) is 22.2 Å². The molecule has 1 aliphatic carbocycles. The van der Waals surface area contributed by atoms with E-state index in [4.69, 9.17) is 4.74 Å². The Kier molecular flexibility index (Phi) is 4.79. The fourth-order valence-corrected chi connectivity index (χ4v) is 6.31. The van der Waals surface area contributed by atoms with Gasteiger partial charge in [0.1, 0.15) is 11.4 Å². The van der Waals surface area contributed by atoms with Crippen molar-refractivity contribution < 1.29 is 19.1 Å². The zero-order chi connectivity index (χ0) is 26.2. The van der Waals surface area contributed by atoms with Crippen molar-refractivity contribution in [3.63, 3.8) is 0 Å². The molecule has 8 nitrogen and oxygen atoms in total. The summed E-state index contributed by atoms with van der Waals surface area (Å²) in [6.07, 6.45) is 4.47. The number of nitrogens with one attached hydrogen (secondary N) is 1. The number of carbonyl (C=O) groups excluding carboxylic acids is 3. The van der Waals surface area contributed by atoms with Crippen molar-refractivity contribution in [3.05, 3.63) is 83.7 Å². The third kappa shape index (κ3) is 3.22. The van der Waals surface area contributed by atoms with E-state index in [0.29, 0.717) is 24.3 Å². The second kappa shape index (κ2) is 8.02. The molecule has 8 heteroatoms. The normalized spacial score (nSPS) is 23.8. The highest BCUT2D eigenvalue weighted by Crippen LogP contribution is 2.56. The van der Waals surface area contributed by atoms with Crippen LogP contribution in [0.2, 0.25) is 0 Å². The van der Waals surface area contributed by atoms with Gasteiger partial charge in [-0.1, -0.05) is 30.3 Å². The Morgan fingerprint density at radius 3 is 2.66 bits per heavy atom. The molecular formula is C30H26N4O4. The molecule has 1 saturated carbocycles. The zero-order valence-electron chi connectivity index (χ0n) is 21.1. The summed E-state index contributed by atoms with van der Waals surface area (Å²) in [7, 11) is 3.54. The lowest BCUT2D eigenvalue weighted by Gasteiger charge is -2.39. The van der Waals surface area contributed by atoms with Crippen LogP contribution >= 0.6 is 0 Å². The summed E-state index contributed by atoms with van der Waals surface area (Å²) in [5.41, 5.74) is 4.20. The molecule has 0 spiro atoms. The van der Waals surface area contributed by atoms with Crippen LogP contribution in [0.1, 0.15) is 27.9 Å². The van der Waals surface area contributed by atoms with Crippen molar-refractivity contribution in [2.75, 3.05) is 13.7 Å². The summed E-state index contributed by atoms with van der Waals surface area (Å²) in [5, 5.41) is 3.66. The van der Waals surface area contributed by atoms with E-state index in [-0.39, 0.29) is 36.1 Å². The molecule has 1 unspecified atom stereocenters. The number of carbonyl (C=O) groups is 3. The molecule has 38 heavy (non-hydrogen) atoms. The predicted molar refractivity (Wildman–Crippen MR) is 140 cm³/mol. The summed E-state index contributed by atoms with van der Waals surface area (Å²) in [5.74, 6) is -0.395. The van der Waals surface area contributed by atoms with Gasteiger partial charge in [-0.15, -0.1) is 0 Å². The van der Waals surface area contributed by atoms with E-state index in [2.05, 4.69) is 16.4 Å². The fourth-order valence-electron chi connectivity index (χ4n) is 6.31. The topological polar surface area (TPSA) is 93.5 Å². The molecule has 1 saturated heterocycles. The van der Waals surface area contributed by atoms with Gasteiger partial charge in [0.05, 0.1) is 12.5 Å². The number of hydrogen-bond donors (Lipinski definition) is 1. The molecule has 3 aliphatic rings. The molecule has 2 aliphatic heterocycles. The first-order chi connectivity index (χ1) is 18.4. The van der Waals surface area contributed by atoms with Crippen molar-refractivity contribution in [1.29, 1.82) is 0 Å². The first kappa shape index (κ1) is 22.7. The van der Waals surface area contributed by atoms with Crippen LogP contribution in [-0.2, 0) is 28.6 Å². The van der Waals surface area contributed by atoms with Crippen LogP contribution in [0.15, 0.2) is 67.0 Å². The number of imide groups is 1. The molecule has 7 rings (SSSR count). The van der Waals surface area contributed by atoms with E-state index in [0.717, 1.165) is 33.3 Å². The number of piperidine rings is 1. The summed E-state index contributed by atoms with van der Waals surface area (Å²) >= 11 is 0. The van der Waals surface area contributed by atoms with Gasteiger partial charge >= 0.3 is 0 Å². The fraction of sp³-hybridized carbons (Fsp3) is 0.267. The Hall–Kier alpha value is -4.46. The van der Waals surface area contributed by atoms with Gasteiger partial charge < -0.3 is 14.2 Å². The van der Waals surface area contributed by atoms with Crippen LogP contribution in [0.3, 0.4) is 0 Å². The Balaban J connectivity index is 1.25. The average Bonchev–Trinajstić information content (AvgIpc) is 3.59. The van der Waals surface area contributed by atoms with E-state index in [9.17, 15) is 14.4 Å². The van der Waals surface area contributed by atoms with Gasteiger partial charge in [0.2, 0.25) is 11.8 Å². The molecule has 3 atom stereocenters. The monoisotopic (exact) mass is 506 g/mol. The van der Waals surface area contributed by atoms with Crippen LogP contribution in [-0.4, -0.2) is 45.8 Å². The lowest BCUT2D eigenvalue weighted by atomic mass is 9.72. The maximum Gasteiger partial charge on any atom is 0.254 e. The van der Waals surface area contributed by atoms with E-state index < -0.39 is 5.41 Å². The van der Waals surface area contributed by atoms with Crippen molar-refractivity contribution in [1.82, 2.24) is 19.8 Å². The molecule has 190 valence electrons. The minimum atomic E-state index is -0.999. The number of nitrogens with zero attached hydrogens (tertiary/aromatic N) is 3. The molecular weight excluding hydrogens is 480 g/mol. The van der Waals surface area contributed by atoms with Gasteiger partial charge in [-0.25, -0.2) is 4.98 Å². The molecule has 0 bridgehead atoms. The minimum Gasteiger partial charge on any atom is -0.497 e. The van der Waals surface area contributed by atoms with E-state index in [1.165, 1.54) is 0 Å². The second-order valence-corrected chi connectivity index (χ2v) is 10.6. The predicted octanol–water partition coefficient (Wildman–Crippen LogP) is 3.44. The molecule has 0 radical (unpaired) electrons. The lowest BCUT2D eigenvalue weighted by Crippen LogP contribution is -2.58. The standard InChI is InChI=1S/C30H26N4O4/c1-33-10-9-18-11-20(14-31-26(18)33)17-3-6-21(7-4-17)30(25-13-24(25)27(35)32-29(30)37)16-34-15-19-5-8-22(38-2)12-23(19)28(34)36/h3-12,14,24-25H,13,15-16H2,1-2H3,(H,32,35,37)/t24-,25?,30-/m0/s1. The summed E-state index contributed by atoms with van der Waals surface area (Å²) < 4.78 is 7.29. The van der Waals surface area contributed by atoms with E-state index in [1.807, 2.05) is 66.5 Å². The number of aromatic nitrogens is 2. The number of amides is 3. The van der Waals surface area contributed by atoms with Gasteiger partial charge in [0, 0.05) is 55.0 Å². The summed E-state index contributed by atoms with van der Waals surface area (Å²) in [6, 6.07) is 17.5. The maximum atomic E-state index is 13.6. The Labute approximate surface area is 219 Å². The Morgan fingerprint density at radius 2 is 1.87 bits per heavy atom. The third-order valence-corrected chi connectivity index (χ3v) is 8.48. The van der Waals surface area contributed by atoms with Crippen LogP contribution in [0, 0.1) is 11.8 Å². The number of benzene rings is 2. The quantitative estimate of drug-likeness (QED) is 0.419. The maximum absolute atomic E-state index is 13.6. The highest BCUT2D eigenvalue weighted by molar-refractivity contribution is 6.08. The molecule has 2 aromatic carbocycles. The molecule has 2 aromatic heterocycles. The highest BCUT2D eigenvalue weighted by Gasteiger charge is 2.65. The van der Waals surface area contributed by atoms with Crippen molar-refractivity contribution in [3.8, 4) is 16.9 Å². The van der Waals surface area contributed by atoms with Gasteiger partial charge in [-0.3, -0.25) is 19.7 Å².